The van der Waals surface area contributed by atoms with Gasteiger partial charge in [0.25, 0.3) is 5.91 Å². The quantitative estimate of drug-likeness (QED) is 0.802. The van der Waals surface area contributed by atoms with Crippen molar-refractivity contribution in [2.75, 3.05) is 13.1 Å². The number of carbonyl (C=O) groups is 1. The lowest BCUT2D eigenvalue weighted by atomic mass is 10.1. The fraction of sp³-hybridized carbons (Fsp3) is 0.412. The average Bonchev–Trinajstić information content (AvgIpc) is 2.62. The standard InChI is InChI=1S/C17H19BrN4O2/c1-2-12-8-20-17(21-9-12)24-15-3-5-22(6-4-15)16(23)13-7-14(18)11-19-10-13/h7-11,15H,2-6H2,1H3. The molecule has 1 saturated heterocycles. The molecule has 0 bridgehead atoms. The molecule has 0 radical (unpaired) electrons. The predicted molar refractivity (Wildman–Crippen MR) is 92.9 cm³/mol. The molecule has 3 heterocycles. The largest absolute Gasteiger partial charge is 0.460 e. The molecule has 0 N–H and O–H groups in total. The highest BCUT2D eigenvalue weighted by Crippen LogP contribution is 2.19. The number of rotatable bonds is 4. The van der Waals surface area contributed by atoms with Gasteiger partial charge in [-0.2, -0.15) is 0 Å². The van der Waals surface area contributed by atoms with Gasteiger partial charge in [-0.1, -0.05) is 6.92 Å². The van der Waals surface area contributed by atoms with Crippen LogP contribution in [0.15, 0.2) is 35.3 Å². The first-order valence-corrected chi connectivity index (χ1v) is 8.82. The Morgan fingerprint density at radius 2 is 1.96 bits per heavy atom. The van der Waals surface area contributed by atoms with Gasteiger partial charge in [-0.05, 0) is 34.0 Å². The highest BCUT2D eigenvalue weighted by Gasteiger charge is 2.25. The molecule has 7 heteroatoms. The number of hydrogen-bond acceptors (Lipinski definition) is 5. The summed E-state index contributed by atoms with van der Waals surface area (Å²) in [6, 6.07) is 2.20. The molecule has 0 saturated carbocycles. The van der Waals surface area contributed by atoms with Crippen molar-refractivity contribution in [3.8, 4) is 6.01 Å². The summed E-state index contributed by atoms with van der Waals surface area (Å²) >= 11 is 3.34. The summed E-state index contributed by atoms with van der Waals surface area (Å²) in [5.41, 5.74) is 1.69. The Morgan fingerprint density at radius 3 is 2.58 bits per heavy atom. The number of halogens is 1. The molecule has 3 rings (SSSR count). The normalized spacial score (nSPS) is 15.3. The van der Waals surface area contributed by atoms with Crippen LogP contribution in [-0.4, -0.2) is 45.0 Å². The van der Waals surface area contributed by atoms with Gasteiger partial charge in [0, 0.05) is 55.2 Å². The van der Waals surface area contributed by atoms with Crippen LogP contribution >= 0.6 is 15.9 Å². The van der Waals surface area contributed by atoms with Gasteiger partial charge in [-0.25, -0.2) is 9.97 Å². The molecular formula is C17H19BrN4O2. The van der Waals surface area contributed by atoms with Crippen molar-refractivity contribution in [3.63, 3.8) is 0 Å². The third-order valence-corrected chi connectivity index (χ3v) is 4.48. The summed E-state index contributed by atoms with van der Waals surface area (Å²) in [5, 5.41) is 0. The molecule has 0 aromatic carbocycles. The minimum Gasteiger partial charge on any atom is -0.460 e. The number of hydrogen-bond donors (Lipinski definition) is 0. The molecule has 0 atom stereocenters. The van der Waals surface area contributed by atoms with E-state index in [0.717, 1.165) is 29.3 Å². The molecule has 0 aliphatic carbocycles. The van der Waals surface area contributed by atoms with E-state index in [0.29, 0.717) is 24.7 Å². The number of aryl methyl sites for hydroxylation is 1. The molecular weight excluding hydrogens is 372 g/mol. The molecule has 1 amide bonds. The van der Waals surface area contributed by atoms with Crippen molar-refractivity contribution in [2.24, 2.45) is 0 Å². The van der Waals surface area contributed by atoms with Gasteiger partial charge in [0.1, 0.15) is 6.10 Å². The van der Waals surface area contributed by atoms with Crippen molar-refractivity contribution in [3.05, 3.63) is 46.5 Å². The fourth-order valence-corrected chi connectivity index (χ4v) is 2.99. The van der Waals surface area contributed by atoms with Crippen molar-refractivity contribution in [2.45, 2.75) is 32.3 Å². The third-order valence-electron chi connectivity index (χ3n) is 4.04. The zero-order valence-electron chi connectivity index (χ0n) is 13.5. The summed E-state index contributed by atoms with van der Waals surface area (Å²) in [6.45, 7) is 3.37. The number of amides is 1. The lowest BCUT2D eigenvalue weighted by Crippen LogP contribution is -2.42. The summed E-state index contributed by atoms with van der Waals surface area (Å²) in [4.78, 5) is 26.8. The van der Waals surface area contributed by atoms with Crippen LogP contribution in [0.3, 0.4) is 0 Å². The number of carbonyl (C=O) groups excluding carboxylic acids is 1. The highest BCUT2D eigenvalue weighted by molar-refractivity contribution is 9.10. The SMILES string of the molecule is CCc1cnc(OC2CCN(C(=O)c3cncc(Br)c3)CC2)nc1. The van der Waals surface area contributed by atoms with Gasteiger partial charge < -0.3 is 9.64 Å². The second kappa shape index (κ2) is 7.70. The van der Waals surface area contributed by atoms with E-state index in [9.17, 15) is 4.79 Å². The number of ether oxygens (including phenoxy) is 1. The van der Waals surface area contributed by atoms with Crippen molar-refractivity contribution < 1.29 is 9.53 Å². The van der Waals surface area contributed by atoms with E-state index < -0.39 is 0 Å². The monoisotopic (exact) mass is 390 g/mol. The van der Waals surface area contributed by atoms with Gasteiger partial charge in [0.05, 0.1) is 5.56 Å². The smallest absolute Gasteiger partial charge is 0.316 e. The maximum Gasteiger partial charge on any atom is 0.316 e. The fourth-order valence-electron chi connectivity index (χ4n) is 2.62. The highest BCUT2D eigenvalue weighted by atomic mass is 79.9. The van der Waals surface area contributed by atoms with E-state index in [2.05, 4.69) is 37.8 Å². The number of aromatic nitrogens is 3. The Bertz CT molecular complexity index is 700. The van der Waals surface area contributed by atoms with Crippen molar-refractivity contribution in [1.29, 1.82) is 0 Å². The third kappa shape index (κ3) is 4.08. The average molecular weight is 391 g/mol. The second-order valence-corrected chi connectivity index (χ2v) is 6.64. The molecule has 2 aromatic heterocycles. The Labute approximate surface area is 149 Å². The van der Waals surface area contributed by atoms with E-state index in [1.807, 2.05) is 4.90 Å². The molecule has 1 aliphatic rings. The summed E-state index contributed by atoms with van der Waals surface area (Å²) in [6.07, 6.45) is 9.34. The Balaban J connectivity index is 1.54. The molecule has 6 nitrogen and oxygen atoms in total. The van der Waals surface area contributed by atoms with Crippen LogP contribution in [0.2, 0.25) is 0 Å². The zero-order valence-corrected chi connectivity index (χ0v) is 15.1. The van der Waals surface area contributed by atoms with Crippen LogP contribution in [0.25, 0.3) is 0 Å². The Morgan fingerprint density at radius 1 is 1.25 bits per heavy atom. The van der Waals surface area contributed by atoms with Crippen LogP contribution < -0.4 is 4.74 Å². The molecule has 24 heavy (non-hydrogen) atoms. The summed E-state index contributed by atoms with van der Waals surface area (Å²) in [5.74, 6) is 0.00537. The molecule has 0 spiro atoms. The van der Waals surface area contributed by atoms with E-state index >= 15 is 0 Å². The summed E-state index contributed by atoms with van der Waals surface area (Å²) in [7, 11) is 0. The molecule has 0 unspecified atom stereocenters. The molecule has 1 aliphatic heterocycles. The first kappa shape index (κ1) is 16.8. The van der Waals surface area contributed by atoms with Crippen LogP contribution in [-0.2, 0) is 6.42 Å². The zero-order chi connectivity index (χ0) is 16.9. The molecule has 1 fully saturated rings. The maximum absolute atomic E-state index is 12.5. The van der Waals surface area contributed by atoms with Crippen LogP contribution in [0, 0.1) is 0 Å². The second-order valence-electron chi connectivity index (χ2n) is 5.73. The molecule has 2 aromatic rings. The number of piperidine rings is 1. The van der Waals surface area contributed by atoms with Crippen LogP contribution in [0.1, 0.15) is 35.7 Å². The van der Waals surface area contributed by atoms with Gasteiger partial charge >= 0.3 is 6.01 Å². The molecule has 126 valence electrons. The topological polar surface area (TPSA) is 68.2 Å². The van der Waals surface area contributed by atoms with Gasteiger partial charge in [0.2, 0.25) is 0 Å². The number of pyridine rings is 1. The van der Waals surface area contributed by atoms with Crippen molar-refractivity contribution in [1.82, 2.24) is 19.9 Å². The van der Waals surface area contributed by atoms with Gasteiger partial charge in [-0.3, -0.25) is 9.78 Å². The number of likely N-dealkylation sites (tertiary alicyclic amines) is 1. The number of nitrogens with zero attached hydrogens (tertiary/aromatic N) is 4. The maximum atomic E-state index is 12.5. The van der Waals surface area contributed by atoms with Crippen molar-refractivity contribution >= 4 is 21.8 Å². The lowest BCUT2D eigenvalue weighted by molar-refractivity contribution is 0.0578. The van der Waals surface area contributed by atoms with Crippen LogP contribution in [0.4, 0.5) is 0 Å². The first-order chi connectivity index (χ1) is 11.7. The Hall–Kier alpha value is -2.02. The minimum atomic E-state index is 0.00537. The predicted octanol–water partition coefficient (Wildman–Crippen LogP) is 2.88. The summed E-state index contributed by atoms with van der Waals surface area (Å²) < 4.78 is 6.63. The first-order valence-electron chi connectivity index (χ1n) is 8.03. The van der Waals surface area contributed by atoms with Crippen LogP contribution in [0.5, 0.6) is 6.01 Å². The van der Waals surface area contributed by atoms with E-state index in [1.54, 1.807) is 30.9 Å². The van der Waals surface area contributed by atoms with E-state index in [-0.39, 0.29) is 12.0 Å². The van der Waals surface area contributed by atoms with E-state index in [4.69, 9.17) is 4.74 Å². The van der Waals surface area contributed by atoms with E-state index in [1.165, 1.54) is 0 Å². The van der Waals surface area contributed by atoms with Gasteiger partial charge in [0.15, 0.2) is 0 Å². The Kier molecular flexibility index (Phi) is 5.40. The minimum absolute atomic E-state index is 0.00537. The lowest BCUT2D eigenvalue weighted by Gasteiger charge is -2.31. The van der Waals surface area contributed by atoms with Gasteiger partial charge in [-0.15, -0.1) is 0 Å².